The van der Waals surface area contributed by atoms with Crippen LogP contribution in [0.3, 0.4) is 0 Å². The summed E-state index contributed by atoms with van der Waals surface area (Å²) in [5, 5.41) is 5.42. The quantitative estimate of drug-likeness (QED) is 0.652. The van der Waals surface area contributed by atoms with Gasteiger partial charge in [-0.1, -0.05) is 6.07 Å². The fourth-order valence-corrected chi connectivity index (χ4v) is 4.21. The van der Waals surface area contributed by atoms with Crippen molar-refractivity contribution in [1.29, 1.82) is 0 Å². The molecule has 1 aliphatic rings. The SMILES string of the molecule is Cc1cc(C)c2c(C(=O)N3CCCC3C)cc(-c3cnn(C(C)C)c3)nc2c1. The maximum absolute atomic E-state index is 13.5. The molecule has 1 amide bonds. The number of carbonyl (C=O) groups is 1. The van der Waals surface area contributed by atoms with Gasteiger partial charge in [0.25, 0.3) is 5.91 Å². The van der Waals surface area contributed by atoms with Crippen LogP contribution in [0.4, 0.5) is 0 Å². The van der Waals surface area contributed by atoms with Gasteiger partial charge in [0.2, 0.25) is 0 Å². The van der Waals surface area contributed by atoms with Crippen LogP contribution in [-0.4, -0.2) is 38.2 Å². The van der Waals surface area contributed by atoms with E-state index >= 15 is 0 Å². The summed E-state index contributed by atoms with van der Waals surface area (Å²) in [6, 6.07) is 6.73. The van der Waals surface area contributed by atoms with E-state index in [-0.39, 0.29) is 18.0 Å². The molecule has 1 saturated heterocycles. The molecule has 1 atom stereocenters. The molecule has 28 heavy (non-hydrogen) atoms. The Balaban J connectivity index is 1.91. The summed E-state index contributed by atoms with van der Waals surface area (Å²) in [7, 11) is 0. The first-order valence-electron chi connectivity index (χ1n) is 10.1. The van der Waals surface area contributed by atoms with Gasteiger partial charge in [-0.05, 0) is 70.7 Å². The monoisotopic (exact) mass is 376 g/mol. The minimum atomic E-state index is 0.113. The number of fused-ring (bicyclic) bond motifs is 1. The van der Waals surface area contributed by atoms with E-state index in [1.165, 1.54) is 0 Å². The van der Waals surface area contributed by atoms with Crippen LogP contribution >= 0.6 is 0 Å². The van der Waals surface area contributed by atoms with Crippen molar-refractivity contribution in [1.82, 2.24) is 19.7 Å². The Labute approximate surface area is 166 Å². The van der Waals surface area contributed by atoms with Gasteiger partial charge in [-0.3, -0.25) is 9.48 Å². The van der Waals surface area contributed by atoms with Crippen molar-refractivity contribution in [3.63, 3.8) is 0 Å². The summed E-state index contributed by atoms with van der Waals surface area (Å²) in [6.07, 6.45) is 5.99. The van der Waals surface area contributed by atoms with E-state index < -0.39 is 0 Å². The molecule has 1 aliphatic heterocycles. The van der Waals surface area contributed by atoms with Crippen LogP contribution in [-0.2, 0) is 0 Å². The Hall–Kier alpha value is -2.69. The van der Waals surface area contributed by atoms with E-state index in [0.717, 1.165) is 58.2 Å². The Bertz CT molecular complexity index is 1050. The largest absolute Gasteiger partial charge is 0.336 e. The molecule has 3 aromatic rings. The lowest BCUT2D eigenvalue weighted by Gasteiger charge is -2.23. The maximum atomic E-state index is 13.5. The second-order valence-corrected chi connectivity index (χ2v) is 8.32. The predicted molar refractivity (Wildman–Crippen MR) is 113 cm³/mol. The van der Waals surface area contributed by atoms with Gasteiger partial charge >= 0.3 is 0 Å². The molecule has 0 bridgehead atoms. The summed E-state index contributed by atoms with van der Waals surface area (Å²) in [5.74, 6) is 0.113. The normalized spacial score (nSPS) is 17.1. The number of aromatic nitrogens is 3. The fourth-order valence-electron chi connectivity index (χ4n) is 4.21. The van der Waals surface area contributed by atoms with Crippen molar-refractivity contribution in [3.8, 4) is 11.3 Å². The van der Waals surface area contributed by atoms with Crippen molar-refractivity contribution in [2.75, 3.05) is 6.54 Å². The molecule has 146 valence electrons. The van der Waals surface area contributed by atoms with E-state index in [4.69, 9.17) is 4.98 Å². The van der Waals surface area contributed by atoms with Gasteiger partial charge in [-0.15, -0.1) is 0 Å². The molecule has 0 spiro atoms. The average Bonchev–Trinajstić information content (AvgIpc) is 3.29. The van der Waals surface area contributed by atoms with Crippen LogP contribution in [0, 0.1) is 13.8 Å². The minimum Gasteiger partial charge on any atom is -0.336 e. The number of hydrogen-bond donors (Lipinski definition) is 0. The van der Waals surface area contributed by atoms with Crippen molar-refractivity contribution in [2.24, 2.45) is 0 Å². The number of aryl methyl sites for hydroxylation is 2. The van der Waals surface area contributed by atoms with Crippen LogP contribution in [0.15, 0.2) is 30.6 Å². The molecule has 0 radical (unpaired) electrons. The standard InChI is InChI=1S/C23H28N4O/c1-14(2)27-13-18(12-24-27)20-11-19(23(28)26-8-6-7-17(26)5)22-16(4)9-15(3)10-21(22)25-20/h9-14,17H,6-8H2,1-5H3. The zero-order chi connectivity index (χ0) is 20.0. The van der Waals surface area contributed by atoms with Crippen molar-refractivity contribution in [3.05, 3.63) is 47.3 Å². The smallest absolute Gasteiger partial charge is 0.254 e. The van der Waals surface area contributed by atoms with E-state index in [2.05, 4.69) is 51.9 Å². The summed E-state index contributed by atoms with van der Waals surface area (Å²) in [5.41, 5.74) is 5.63. The van der Waals surface area contributed by atoms with Crippen molar-refractivity contribution in [2.45, 2.75) is 59.5 Å². The van der Waals surface area contributed by atoms with Gasteiger partial charge in [-0.25, -0.2) is 4.98 Å². The number of amides is 1. The van der Waals surface area contributed by atoms with E-state index in [1.807, 2.05) is 28.0 Å². The van der Waals surface area contributed by atoms with Crippen molar-refractivity contribution >= 4 is 16.8 Å². The average molecular weight is 377 g/mol. The highest BCUT2D eigenvalue weighted by atomic mass is 16.2. The highest BCUT2D eigenvalue weighted by molar-refractivity contribution is 6.08. The zero-order valence-electron chi connectivity index (χ0n) is 17.4. The third-order valence-corrected chi connectivity index (χ3v) is 5.72. The Morgan fingerprint density at radius 2 is 2.00 bits per heavy atom. The Kier molecular flexibility index (Phi) is 4.69. The number of hydrogen-bond acceptors (Lipinski definition) is 3. The lowest BCUT2D eigenvalue weighted by molar-refractivity contribution is 0.0749. The summed E-state index contributed by atoms with van der Waals surface area (Å²) < 4.78 is 1.92. The third kappa shape index (κ3) is 3.19. The highest BCUT2D eigenvalue weighted by Crippen LogP contribution is 2.31. The van der Waals surface area contributed by atoms with Gasteiger partial charge < -0.3 is 4.90 Å². The van der Waals surface area contributed by atoms with Crippen LogP contribution in [0.5, 0.6) is 0 Å². The first-order valence-corrected chi connectivity index (χ1v) is 10.1. The predicted octanol–water partition coefficient (Wildman–Crippen LogP) is 4.92. The summed E-state index contributed by atoms with van der Waals surface area (Å²) in [6.45, 7) is 11.3. The van der Waals surface area contributed by atoms with Crippen LogP contribution in [0.2, 0.25) is 0 Å². The molecule has 4 rings (SSSR count). The number of pyridine rings is 1. The van der Waals surface area contributed by atoms with Crippen LogP contribution in [0.1, 0.15) is 61.1 Å². The molecular formula is C23H28N4O. The highest BCUT2D eigenvalue weighted by Gasteiger charge is 2.28. The molecule has 5 nitrogen and oxygen atoms in total. The molecule has 0 N–H and O–H groups in total. The third-order valence-electron chi connectivity index (χ3n) is 5.72. The fraction of sp³-hybridized carbons (Fsp3) is 0.435. The van der Waals surface area contributed by atoms with E-state index in [9.17, 15) is 4.79 Å². The molecule has 1 fully saturated rings. The molecule has 3 heterocycles. The molecule has 0 aliphatic carbocycles. The topological polar surface area (TPSA) is 51.0 Å². The summed E-state index contributed by atoms with van der Waals surface area (Å²) in [4.78, 5) is 20.4. The number of carbonyl (C=O) groups excluding carboxylic acids is 1. The second-order valence-electron chi connectivity index (χ2n) is 8.32. The number of rotatable bonds is 3. The molecular weight excluding hydrogens is 348 g/mol. The summed E-state index contributed by atoms with van der Waals surface area (Å²) >= 11 is 0. The van der Waals surface area contributed by atoms with Gasteiger partial charge in [-0.2, -0.15) is 5.10 Å². The number of nitrogens with zero attached hydrogens (tertiary/aromatic N) is 4. The Morgan fingerprint density at radius 3 is 2.64 bits per heavy atom. The molecule has 0 saturated carbocycles. The molecule has 5 heteroatoms. The lowest BCUT2D eigenvalue weighted by atomic mass is 9.98. The first-order chi connectivity index (χ1) is 13.3. The second kappa shape index (κ2) is 7.04. The van der Waals surface area contributed by atoms with Gasteiger partial charge in [0, 0.05) is 35.8 Å². The van der Waals surface area contributed by atoms with Gasteiger partial charge in [0.05, 0.1) is 23.0 Å². The van der Waals surface area contributed by atoms with Gasteiger partial charge in [0.15, 0.2) is 0 Å². The molecule has 1 aromatic carbocycles. The lowest BCUT2D eigenvalue weighted by Crippen LogP contribution is -2.33. The maximum Gasteiger partial charge on any atom is 0.254 e. The first kappa shape index (κ1) is 18.7. The van der Waals surface area contributed by atoms with Crippen LogP contribution < -0.4 is 0 Å². The van der Waals surface area contributed by atoms with Gasteiger partial charge in [0.1, 0.15) is 0 Å². The number of likely N-dealkylation sites (tertiary alicyclic amines) is 1. The molecule has 2 aromatic heterocycles. The van der Waals surface area contributed by atoms with E-state index in [0.29, 0.717) is 0 Å². The van der Waals surface area contributed by atoms with Crippen LogP contribution in [0.25, 0.3) is 22.2 Å². The Morgan fingerprint density at radius 1 is 1.21 bits per heavy atom. The number of benzene rings is 1. The van der Waals surface area contributed by atoms with Crippen molar-refractivity contribution < 1.29 is 4.79 Å². The zero-order valence-corrected chi connectivity index (χ0v) is 17.4. The van der Waals surface area contributed by atoms with E-state index in [1.54, 1.807) is 0 Å². The minimum absolute atomic E-state index is 0.113. The molecule has 1 unspecified atom stereocenters.